The van der Waals surface area contributed by atoms with Gasteiger partial charge in [0, 0.05) is 25.7 Å². The molecule has 0 amide bonds. The maximum atomic E-state index is 13.1. The Bertz CT molecular complexity index is 1980. The summed E-state index contributed by atoms with van der Waals surface area (Å²) in [4.78, 5) is 72.9. The number of esters is 4. The van der Waals surface area contributed by atoms with E-state index < -0.39 is 97.5 Å². The van der Waals surface area contributed by atoms with Crippen LogP contribution in [0, 0.1) is 17.8 Å². The molecule has 3 N–H and O–H groups in total. The lowest BCUT2D eigenvalue weighted by molar-refractivity contribution is -0.161. The van der Waals surface area contributed by atoms with Crippen LogP contribution in [0.1, 0.15) is 376 Å². The van der Waals surface area contributed by atoms with Crippen LogP contribution in [-0.4, -0.2) is 96.7 Å². The number of hydrogen-bond acceptors (Lipinski definition) is 15. The van der Waals surface area contributed by atoms with Crippen LogP contribution in [0.15, 0.2) is 24.3 Å². The van der Waals surface area contributed by atoms with Gasteiger partial charge >= 0.3 is 39.5 Å². The fourth-order valence-corrected chi connectivity index (χ4v) is 13.0. The molecule has 0 heterocycles. The molecule has 0 aliphatic carbocycles. The van der Waals surface area contributed by atoms with Crippen molar-refractivity contribution in [2.75, 3.05) is 39.6 Å². The van der Waals surface area contributed by atoms with Crippen LogP contribution in [-0.2, 0) is 65.4 Å². The molecule has 0 aromatic heterocycles. The van der Waals surface area contributed by atoms with Gasteiger partial charge in [0.1, 0.15) is 19.3 Å². The largest absolute Gasteiger partial charge is 0.472 e. The minimum Gasteiger partial charge on any atom is -0.462 e. The van der Waals surface area contributed by atoms with Crippen molar-refractivity contribution in [3.8, 4) is 0 Å². The van der Waals surface area contributed by atoms with Crippen LogP contribution < -0.4 is 0 Å². The van der Waals surface area contributed by atoms with Gasteiger partial charge in [-0.05, 0) is 69.1 Å². The van der Waals surface area contributed by atoms with Gasteiger partial charge in [0.15, 0.2) is 12.2 Å². The van der Waals surface area contributed by atoms with Crippen molar-refractivity contribution in [1.82, 2.24) is 0 Å². The molecule has 0 aromatic rings. The summed E-state index contributed by atoms with van der Waals surface area (Å²) < 4.78 is 68.5. The predicted molar refractivity (Wildman–Crippen MR) is 395 cm³/mol. The number of aliphatic hydroxyl groups excluding tert-OH is 1. The first kappa shape index (κ1) is 94.5. The predicted octanol–water partition coefficient (Wildman–Crippen LogP) is 22.5. The van der Waals surface area contributed by atoms with Crippen LogP contribution >= 0.6 is 15.6 Å². The lowest BCUT2D eigenvalue weighted by Gasteiger charge is -2.21. The zero-order chi connectivity index (χ0) is 71.6. The van der Waals surface area contributed by atoms with Gasteiger partial charge in [0.25, 0.3) is 0 Å². The second-order valence-corrected chi connectivity index (χ2v) is 31.7. The number of carbonyl (C=O) groups is 4. The first-order valence-electron chi connectivity index (χ1n) is 39.7. The monoisotopic (exact) mass is 1420 g/mol. The molecular weight excluding hydrogens is 1270 g/mol. The van der Waals surface area contributed by atoms with E-state index in [1.54, 1.807) is 0 Å². The molecule has 17 nitrogen and oxygen atoms in total. The molecule has 5 atom stereocenters. The summed E-state index contributed by atoms with van der Waals surface area (Å²) in [5.74, 6) is 0.127. The molecule has 0 fully saturated rings. The lowest BCUT2D eigenvalue weighted by Crippen LogP contribution is -2.30. The van der Waals surface area contributed by atoms with Crippen LogP contribution in [0.3, 0.4) is 0 Å². The standard InChI is InChI=1S/C78H148O17P2/c1-8-9-10-11-12-13-14-15-17-21-26-32-39-47-54-61-77(82)94-73(65-88-75(80)59-52-45-38-31-28-23-25-30-36-43-50-57-70(4)5)67-92-96(84,85)90-63-72(79)64-91-97(86,87)93-68-74(66-89-76(81)60-53-46-41-34-37-44-51-58-71(6)7)95-78(83)62-55-48-40-33-27-22-19-16-18-20-24-29-35-42-49-56-69(2)3/h13-15,17,69-74,79H,8-12,16,18-68H2,1-7H3,(H,84,85)(H,86,87)/b14-13-,17-15-/t72?,73-,74-/m1/s1. The molecule has 3 unspecified atom stereocenters. The van der Waals surface area contributed by atoms with Gasteiger partial charge in [-0.1, -0.05) is 323 Å². The van der Waals surface area contributed by atoms with E-state index in [1.807, 2.05) is 0 Å². The summed E-state index contributed by atoms with van der Waals surface area (Å²) in [5.41, 5.74) is 0. The van der Waals surface area contributed by atoms with E-state index >= 15 is 0 Å². The SMILES string of the molecule is CCCCCC/C=C\C=C/CCCCCCCC(=O)O[C@H](COC(=O)CCCCCCCCCCCCCC(C)C)COP(=O)(O)OCC(O)COP(=O)(O)OC[C@@H](COC(=O)CCCCCCCCCC(C)C)OC(=O)CCCCCCCCCCCCCCCCCC(C)C. The molecule has 0 saturated carbocycles. The number of allylic oxidation sites excluding steroid dienone is 4. The van der Waals surface area contributed by atoms with Crippen molar-refractivity contribution < 1.29 is 80.2 Å². The van der Waals surface area contributed by atoms with Gasteiger partial charge < -0.3 is 33.8 Å². The Morgan fingerprint density at radius 2 is 0.557 bits per heavy atom. The number of unbranched alkanes of at least 4 members (excludes halogenated alkanes) is 39. The molecule has 0 radical (unpaired) electrons. The highest BCUT2D eigenvalue weighted by atomic mass is 31.2. The van der Waals surface area contributed by atoms with E-state index in [-0.39, 0.29) is 25.7 Å². The van der Waals surface area contributed by atoms with Crippen molar-refractivity contribution in [2.24, 2.45) is 17.8 Å². The van der Waals surface area contributed by atoms with Gasteiger partial charge in [-0.15, -0.1) is 0 Å². The van der Waals surface area contributed by atoms with Gasteiger partial charge in [-0.3, -0.25) is 37.3 Å². The van der Waals surface area contributed by atoms with Crippen LogP contribution in [0.2, 0.25) is 0 Å². The van der Waals surface area contributed by atoms with Gasteiger partial charge in [0.2, 0.25) is 0 Å². The molecule has 0 spiro atoms. The van der Waals surface area contributed by atoms with E-state index in [9.17, 15) is 43.2 Å². The quantitative estimate of drug-likeness (QED) is 0.0169. The Labute approximate surface area is 592 Å². The Hall–Kier alpha value is -2.46. The molecule has 0 bridgehead atoms. The second kappa shape index (κ2) is 68.0. The van der Waals surface area contributed by atoms with Crippen molar-refractivity contribution in [3.63, 3.8) is 0 Å². The van der Waals surface area contributed by atoms with Crippen molar-refractivity contribution >= 4 is 39.5 Å². The number of phosphoric acid groups is 2. The molecule has 0 aliphatic heterocycles. The molecule has 0 aliphatic rings. The number of aliphatic hydroxyl groups is 1. The first-order chi connectivity index (χ1) is 46.7. The summed E-state index contributed by atoms with van der Waals surface area (Å²) in [6.07, 6.45) is 57.7. The maximum Gasteiger partial charge on any atom is 0.472 e. The van der Waals surface area contributed by atoms with Gasteiger partial charge in [-0.25, -0.2) is 9.13 Å². The molecule has 0 rings (SSSR count). The number of ether oxygens (including phenoxy) is 4. The zero-order valence-electron chi connectivity index (χ0n) is 63.0. The minimum absolute atomic E-state index is 0.0847. The van der Waals surface area contributed by atoms with E-state index in [0.29, 0.717) is 31.6 Å². The Kier molecular flexibility index (Phi) is 66.3. The average molecular weight is 1420 g/mol. The topological polar surface area (TPSA) is 237 Å². The highest BCUT2D eigenvalue weighted by molar-refractivity contribution is 7.47. The smallest absolute Gasteiger partial charge is 0.462 e. The number of hydrogen-bond donors (Lipinski definition) is 3. The molecule has 572 valence electrons. The van der Waals surface area contributed by atoms with Crippen LogP contribution in [0.5, 0.6) is 0 Å². The minimum atomic E-state index is -4.97. The fraction of sp³-hybridized carbons (Fsp3) is 0.897. The average Bonchev–Trinajstić information content (AvgIpc) is 1.38. The summed E-state index contributed by atoms with van der Waals surface area (Å²) in [7, 11) is -9.93. The highest BCUT2D eigenvalue weighted by Crippen LogP contribution is 2.45. The van der Waals surface area contributed by atoms with Crippen molar-refractivity contribution in [3.05, 3.63) is 24.3 Å². The summed E-state index contributed by atoms with van der Waals surface area (Å²) in [5, 5.41) is 10.6. The third-order valence-electron chi connectivity index (χ3n) is 17.5. The molecule has 0 saturated heterocycles. The first-order valence-corrected chi connectivity index (χ1v) is 42.7. The van der Waals surface area contributed by atoms with E-state index in [2.05, 4.69) is 72.8 Å². The Morgan fingerprint density at radius 1 is 0.320 bits per heavy atom. The van der Waals surface area contributed by atoms with Crippen LogP contribution in [0.25, 0.3) is 0 Å². The maximum absolute atomic E-state index is 13.1. The zero-order valence-corrected chi connectivity index (χ0v) is 64.8. The lowest BCUT2D eigenvalue weighted by atomic mass is 10.0. The van der Waals surface area contributed by atoms with Gasteiger partial charge in [-0.2, -0.15) is 0 Å². The van der Waals surface area contributed by atoms with Gasteiger partial charge in [0.05, 0.1) is 26.4 Å². The highest BCUT2D eigenvalue weighted by Gasteiger charge is 2.30. The number of rotatable bonds is 74. The summed E-state index contributed by atoms with van der Waals surface area (Å²) in [6.45, 7) is 11.8. The molecular formula is C78H148O17P2. The third-order valence-corrected chi connectivity index (χ3v) is 19.4. The van der Waals surface area contributed by atoms with Crippen molar-refractivity contribution in [1.29, 1.82) is 0 Å². The van der Waals surface area contributed by atoms with Crippen LogP contribution in [0.4, 0.5) is 0 Å². The number of phosphoric ester groups is 2. The summed E-state index contributed by atoms with van der Waals surface area (Å²) in [6, 6.07) is 0. The Morgan fingerprint density at radius 3 is 0.835 bits per heavy atom. The third kappa shape index (κ3) is 71.7. The van der Waals surface area contributed by atoms with E-state index in [4.69, 9.17) is 37.0 Å². The second-order valence-electron chi connectivity index (χ2n) is 28.8. The summed E-state index contributed by atoms with van der Waals surface area (Å²) >= 11 is 0. The molecule has 0 aromatic carbocycles. The fourth-order valence-electron chi connectivity index (χ4n) is 11.4. The molecule has 19 heteroatoms. The molecule has 97 heavy (non-hydrogen) atoms. The normalized spacial score (nSPS) is 14.2. The van der Waals surface area contributed by atoms with E-state index in [0.717, 1.165) is 121 Å². The van der Waals surface area contributed by atoms with Crippen molar-refractivity contribution in [2.45, 2.75) is 394 Å². The number of carbonyl (C=O) groups excluding carboxylic acids is 4. The Balaban J connectivity index is 5.27. The van der Waals surface area contributed by atoms with E-state index in [1.165, 1.54) is 167 Å².